The molecule has 2 aromatic rings. The van der Waals surface area contributed by atoms with Gasteiger partial charge < -0.3 is 15.1 Å². The first-order chi connectivity index (χ1) is 12.1. The zero-order chi connectivity index (χ0) is 17.6. The number of nitrogens with zero attached hydrogens (tertiary/aromatic N) is 1. The summed E-state index contributed by atoms with van der Waals surface area (Å²) in [5.74, 6) is 0.400. The fourth-order valence-corrected chi connectivity index (χ4v) is 3.35. The molecule has 0 atom stereocenters. The standard InChI is InChI=1S/C20H24N2O3/c21-19(23)6-5-15-1-3-16(4-2-15)13-17-7-10-22(11-8-17)20(24)18-9-12-25-14-18/h1-4,9,12,14,17H,5-8,10-11,13H2,(H2,21,23). The van der Waals surface area contributed by atoms with Gasteiger partial charge in [0.15, 0.2) is 0 Å². The van der Waals surface area contributed by atoms with Gasteiger partial charge in [-0.3, -0.25) is 9.59 Å². The Labute approximate surface area is 147 Å². The summed E-state index contributed by atoms with van der Waals surface area (Å²) in [7, 11) is 0. The molecule has 25 heavy (non-hydrogen) atoms. The second-order valence-electron chi connectivity index (χ2n) is 6.73. The average Bonchev–Trinajstić information content (AvgIpc) is 3.16. The Morgan fingerprint density at radius 1 is 1.08 bits per heavy atom. The molecular weight excluding hydrogens is 316 g/mol. The minimum atomic E-state index is -0.263. The van der Waals surface area contributed by atoms with Crippen molar-refractivity contribution in [2.24, 2.45) is 11.7 Å². The van der Waals surface area contributed by atoms with E-state index in [9.17, 15) is 9.59 Å². The first kappa shape index (κ1) is 17.3. The number of carbonyl (C=O) groups excluding carboxylic acids is 2. The quantitative estimate of drug-likeness (QED) is 0.878. The summed E-state index contributed by atoms with van der Waals surface area (Å²) in [5, 5.41) is 0. The van der Waals surface area contributed by atoms with Gasteiger partial charge in [-0.15, -0.1) is 0 Å². The maximum Gasteiger partial charge on any atom is 0.257 e. The van der Waals surface area contributed by atoms with Crippen LogP contribution in [0, 0.1) is 5.92 Å². The van der Waals surface area contributed by atoms with Gasteiger partial charge in [0.1, 0.15) is 6.26 Å². The molecule has 1 aromatic carbocycles. The third kappa shape index (κ3) is 4.72. The first-order valence-electron chi connectivity index (χ1n) is 8.79. The van der Waals surface area contributed by atoms with Gasteiger partial charge in [-0.05, 0) is 48.8 Å². The predicted molar refractivity (Wildman–Crippen MR) is 95.0 cm³/mol. The van der Waals surface area contributed by atoms with Crippen LogP contribution in [0.5, 0.6) is 0 Å². The van der Waals surface area contributed by atoms with Crippen LogP contribution in [-0.2, 0) is 17.6 Å². The summed E-state index contributed by atoms with van der Waals surface area (Å²) >= 11 is 0. The Balaban J connectivity index is 1.47. The van der Waals surface area contributed by atoms with Crippen LogP contribution in [0.4, 0.5) is 0 Å². The molecule has 1 aliphatic rings. The van der Waals surface area contributed by atoms with Crippen molar-refractivity contribution in [3.05, 3.63) is 59.5 Å². The van der Waals surface area contributed by atoms with E-state index in [0.717, 1.165) is 37.9 Å². The second-order valence-corrected chi connectivity index (χ2v) is 6.73. The smallest absolute Gasteiger partial charge is 0.257 e. The molecule has 2 heterocycles. The van der Waals surface area contributed by atoms with Crippen LogP contribution in [0.1, 0.15) is 40.7 Å². The SMILES string of the molecule is NC(=O)CCc1ccc(CC2CCN(C(=O)c3ccoc3)CC2)cc1. The third-order valence-corrected chi connectivity index (χ3v) is 4.88. The number of furan rings is 1. The molecule has 0 aliphatic carbocycles. The lowest BCUT2D eigenvalue weighted by molar-refractivity contribution is -0.117. The number of rotatable bonds is 6. The third-order valence-electron chi connectivity index (χ3n) is 4.88. The molecule has 0 saturated carbocycles. The van der Waals surface area contributed by atoms with Gasteiger partial charge in [0.05, 0.1) is 11.8 Å². The van der Waals surface area contributed by atoms with E-state index in [1.54, 1.807) is 6.07 Å². The molecule has 0 radical (unpaired) electrons. The van der Waals surface area contributed by atoms with E-state index in [0.29, 0.717) is 24.3 Å². The van der Waals surface area contributed by atoms with Crippen molar-refractivity contribution in [3.63, 3.8) is 0 Å². The molecule has 2 N–H and O–H groups in total. The van der Waals surface area contributed by atoms with Crippen LogP contribution in [-0.4, -0.2) is 29.8 Å². The average molecular weight is 340 g/mol. The largest absolute Gasteiger partial charge is 0.472 e. The van der Waals surface area contributed by atoms with Crippen molar-refractivity contribution in [3.8, 4) is 0 Å². The van der Waals surface area contributed by atoms with Crippen LogP contribution in [0.3, 0.4) is 0 Å². The van der Waals surface area contributed by atoms with Crippen molar-refractivity contribution < 1.29 is 14.0 Å². The van der Waals surface area contributed by atoms with E-state index >= 15 is 0 Å². The van der Waals surface area contributed by atoms with Crippen molar-refractivity contribution >= 4 is 11.8 Å². The summed E-state index contributed by atoms with van der Waals surface area (Å²) < 4.78 is 4.99. The monoisotopic (exact) mass is 340 g/mol. The predicted octanol–water partition coefficient (Wildman–Crippen LogP) is 2.79. The van der Waals surface area contributed by atoms with Gasteiger partial charge in [0.2, 0.25) is 5.91 Å². The Kier molecular flexibility index (Phi) is 5.53. The number of likely N-dealkylation sites (tertiary alicyclic amines) is 1. The first-order valence-corrected chi connectivity index (χ1v) is 8.79. The zero-order valence-corrected chi connectivity index (χ0v) is 14.3. The molecule has 3 rings (SSSR count). The molecule has 1 aliphatic heterocycles. The molecular formula is C20H24N2O3. The maximum absolute atomic E-state index is 12.3. The minimum Gasteiger partial charge on any atom is -0.472 e. The van der Waals surface area contributed by atoms with E-state index in [-0.39, 0.29) is 11.8 Å². The molecule has 2 amide bonds. The summed E-state index contributed by atoms with van der Waals surface area (Å²) in [5.41, 5.74) is 8.26. The number of carbonyl (C=O) groups is 2. The molecule has 1 fully saturated rings. The lowest BCUT2D eigenvalue weighted by Crippen LogP contribution is -2.38. The molecule has 132 valence electrons. The van der Waals surface area contributed by atoms with Crippen molar-refractivity contribution in [1.29, 1.82) is 0 Å². The molecule has 1 aromatic heterocycles. The van der Waals surface area contributed by atoms with E-state index in [4.69, 9.17) is 10.2 Å². The van der Waals surface area contributed by atoms with Crippen LogP contribution in [0.25, 0.3) is 0 Å². The van der Waals surface area contributed by atoms with Crippen molar-refractivity contribution in [1.82, 2.24) is 4.90 Å². The number of primary amides is 1. The Morgan fingerprint density at radius 3 is 2.36 bits per heavy atom. The van der Waals surface area contributed by atoms with Gasteiger partial charge in [-0.2, -0.15) is 0 Å². The summed E-state index contributed by atoms with van der Waals surface area (Å²) in [6, 6.07) is 10.2. The molecule has 5 nitrogen and oxygen atoms in total. The van der Waals surface area contributed by atoms with Crippen LogP contribution in [0.2, 0.25) is 0 Å². The van der Waals surface area contributed by atoms with Crippen LogP contribution < -0.4 is 5.73 Å². The number of hydrogen-bond acceptors (Lipinski definition) is 3. The topological polar surface area (TPSA) is 76.5 Å². The number of aryl methyl sites for hydroxylation is 1. The van der Waals surface area contributed by atoms with E-state index in [2.05, 4.69) is 24.3 Å². The van der Waals surface area contributed by atoms with Gasteiger partial charge >= 0.3 is 0 Å². The highest BCUT2D eigenvalue weighted by atomic mass is 16.3. The van der Waals surface area contributed by atoms with Crippen molar-refractivity contribution in [2.75, 3.05) is 13.1 Å². The molecule has 0 unspecified atom stereocenters. The lowest BCUT2D eigenvalue weighted by atomic mass is 9.89. The maximum atomic E-state index is 12.3. The van der Waals surface area contributed by atoms with E-state index < -0.39 is 0 Å². The highest BCUT2D eigenvalue weighted by Crippen LogP contribution is 2.23. The van der Waals surface area contributed by atoms with Gasteiger partial charge in [-0.1, -0.05) is 24.3 Å². The molecule has 0 bridgehead atoms. The Morgan fingerprint density at radius 2 is 1.76 bits per heavy atom. The number of hydrogen-bond donors (Lipinski definition) is 1. The second kappa shape index (κ2) is 8.01. The highest BCUT2D eigenvalue weighted by molar-refractivity contribution is 5.93. The molecule has 1 saturated heterocycles. The summed E-state index contributed by atoms with van der Waals surface area (Å²) in [4.78, 5) is 25.1. The fraction of sp³-hybridized carbons (Fsp3) is 0.400. The highest BCUT2D eigenvalue weighted by Gasteiger charge is 2.24. The minimum absolute atomic E-state index is 0.0611. The van der Waals surface area contributed by atoms with Gasteiger partial charge in [0, 0.05) is 19.5 Å². The summed E-state index contributed by atoms with van der Waals surface area (Å²) in [6.45, 7) is 1.59. The van der Waals surface area contributed by atoms with E-state index in [1.807, 2.05) is 4.90 Å². The lowest BCUT2D eigenvalue weighted by Gasteiger charge is -2.31. The normalized spacial score (nSPS) is 15.3. The number of nitrogens with two attached hydrogens (primary N) is 1. The van der Waals surface area contributed by atoms with Gasteiger partial charge in [0.25, 0.3) is 5.91 Å². The van der Waals surface area contributed by atoms with Crippen LogP contribution >= 0.6 is 0 Å². The number of amides is 2. The van der Waals surface area contributed by atoms with E-state index in [1.165, 1.54) is 18.1 Å². The summed E-state index contributed by atoms with van der Waals surface area (Å²) in [6.07, 6.45) is 7.21. The number of benzene rings is 1. The molecule has 0 spiro atoms. The number of piperidine rings is 1. The fourth-order valence-electron chi connectivity index (χ4n) is 3.35. The zero-order valence-electron chi connectivity index (χ0n) is 14.3. The van der Waals surface area contributed by atoms with Crippen molar-refractivity contribution in [2.45, 2.75) is 32.1 Å². The van der Waals surface area contributed by atoms with Gasteiger partial charge in [-0.25, -0.2) is 0 Å². The Bertz CT molecular complexity index is 699. The van der Waals surface area contributed by atoms with Crippen LogP contribution in [0.15, 0.2) is 47.3 Å². The molecule has 5 heteroatoms. The Hall–Kier alpha value is -2.56.